The van der Waals surface area contributed by atoms with Crippen LogP contribution in [0, 0.1) is 0 Å². The molecule has 0 amide bonds. The van der Waals surface area contributed by atoms with Crippen LogP contribution in [0.5, 0.6) is 23.0 Å². The van der Waals surface area contributed by atoms with Crippen molar-refractivity contribution < 1.29 is 24.1 Å². The maximum atomic E-state index is 12.5. The Labute approximate surface area is 133 Å². The van der Waals surface area contributed by atoms with Crippen LogP contribution in [-0.4, -0.2) is 31.7 Å². The molecule has 0 saturated carbocycles. The molecule has 118 valence electrons. The van der Waals surface area contributed by atoms with E-state index in [9.17, 15) is 9.90 Å². The van der Waals surface area contributed by atoms with Crippen LogP contribution in [0.1, 0.15) is 15.9 Å². The van der Waals surface area contributed by atoms with Crippen LogP contribution in [-0.2, 0) is 0 Å². The summed E-state index contributed by atoms with van der Waals surface area (Å²) >= 11 is 0. The second kappa shape index (κ2) is 6.04. The van der Waals surface area contributed by atoms with Gasteiger partial charge in [-0.1, -0.05) is 12.1 Å². The van der Waals surface area contributed by atoms with Crippen LogP contribution >= 0.6 is 0 Å². The van der Waals surface area contributed by atoms with Gasteiger partial charge in [0.25, 0.3) is 0 Å². The zero-order chi connectivity index (χ0) is 16.4. The van der Waals surface area contributed by atoms with E-state index < -0.39 is 0 Å². The van der Waals surface area contributed by atoms with Gasteiger partial charge in [0.1, 0.15) is 12.4 Å². The number of rotatable bonds is 3. The smallest absolute Gasteiger partial charge is 0.200 e. The van der Waals surface area contributed by atoms with E-state index in [2.05, 4.69) is 0 Å². The van der Waals surface area contributed by atoms with Gasteiger partial charge in [0.2, 0.25) is 5.75 Å². The monoisotopic (exact) mass is 312 g/mol. The van der Waals surface area contributed by atoms with Gasteiger partial charge < -0.3 is 19.3 Å². The quantitative estimate of drug-likeness (QED) is 0.882. The van der Waals surface area contributed by atoms with E-state index >= 15 is 0 Å². The Bertz CT molecular complexity index is 767. The van der Waals surface area contributed by atoms with Gasteiger partial charge >= 0.3 is 0 Å². The molecule has 0 unspecified atom stereocenters. The topological polar surface area (TPSA) is 65.0 Å². The second-order valence-electron chi connectivity index (χ2n) is 5.06. The van der Waals surface area contributed by atoms with Gasteiger partial charge in [-0.15, -0.1) is 0 Å². The first kappa shape index (κ1) is 15.0. The van der Waals surface area contributed by atoms with Gasteiger partial charge in [-0.2, -0.15) is 0 Å². The first-order valence-corrected chi connectivity index (χ1v) is 7.06. The number of Topliss-reactive ketones (excluding diaryl/α,β-unsaturated/α-hetero) is 1. The highest BCUT2D eigenvalue weighted by molar-refractivity contribution is 6.14. The van der Waals surface area contributed by atoms with Crippen molar-refractivity contribution in [2.45, 2.75) is 0 Å². The third-order valence-electron chi connectivity index (χ3n) is 3.65. The molecule has 1 aliphatic rings. The van der Waals surface area contributed by atoms with Crippen molar-refractivity contribution in [3.05, 3.63) is 53.1 Å². The summed E-state index contributed by atoms with van der Waals surface area (Å²) in [6.45, 7) is 0.196. The second-order valence-corrected chi connectivity index (χ2v) is 5.06. The third kappa shape index (κ3) is 2.73. The fourth-order valence-corrected chi connectivity index (χ4v) is 2.48. The molecule has 5 nitrogen and oxygen atoms in total. The Balaban J connectivity index is 2.01. The molecule has 0 bridgehead atoms. The molecule has 0 aliphatic carbocycles. The maximum Gasteiger partial charge on any atom is 0.200 e. The average molecular weight is 312 g/mol. The van der Waals surface area contributed by atoms with Gasteiger partial charge in [0.15, 0.2) is 17.3 Å². The minimum Gasteiger partial charge on any atom is -0.502 e. The molecule has 2 aromatic rings. The highest BCUT2D eigenvalue weighted by atomic mass is 16.5. The van der Waals surface area contributed by atoms with Crippen LogP contribution in [0.25, 0.3) is 6.08 Å². The predicted octanol–water partition coefficient (Wildman–Crippen LogP) is 3.07. The van der Waals surface area contributed by atoms with Crippen LogP contribution < -0.4 is 14.2 Å². The average Bonchev–Trinajstić information content (AvgIpc) is 2.59. The lowest BCUT2D eigenvalue weighted by Crippen LogP contribution is -2.18. The summed E-state index contributed by atoms with van der Waals surface area (Å²) in [5.41, 5.74) is 1.75. The minimum atomic E-state index is -0.0753. The summed E-state index contributed by atoms with van der Waals surface area (Å²) in [7, 11) is 2.91. The number of hydrogen-bond acceptors (Lipinski definition) is 5. The standard InChI is InChI=1S/C18H16O5/c1-21-15-8-11(9-16(22-2)18(15)20)7-12-10-23-14-6-4-3-5-13(14)17(12)19/h3-9,20H,10H2,1-2H3/b12-7-. The number of methoxy groups -OCH3 is 2. The Kier molecular flexibility index (Phi) is 3.93. The number of benzene rings is 2. The molecule has 0 spiro atoms. The summed E-state index contributed by atoms with van der Waals surface area (Å²) in [6, 6.07) is 10.4. The molecule has 0 fully saturated rings. The number of aromatic hydroxyl groups is 1. The number of fused-ring (bicyclic) bond motifs is 1. The van der Waals surface area contributed by atoms with Gasteiger partial charge in [-0.25, -0.2) is 0 Å². The molecule has 0 aromatic heterocycles. The molecule has 1 aliphatic heterocycles. The van der Waals surface area contributed by atoms with E-state index in [1.807, 2.05) is 6.07 Å². The van der Waals surface area contributed by atoms with Gasteiger partial charge in [-0.05, 0) is 35.9 Å². The number of carbonyl (C=O) groups is 1. The van der Waals surface area contributed by atoms with Crippen molar-refractivity contribution in [2.24, 2.45) is 0 Å². The van der Waals surface area contributed by atoms with Gasteiger partial charge in [-0.3, -0.25) is 4.79 Å². The van der Waals surface area contributed by atoms with Crippen molar-refractivity contribution in [3.8, 4) is 23.0 Å². The SMILES string of the molecule is COc1cc(/C=C2/COc3ccccc3C2=O)cc(OC)c1O. The highest BCUT2D eigenvalue weighted by Gasteiger charge is 2.23. The molecule has 3 rings (SSSR count). The summed E-state index contributed by atoms with van der Waals surface area (Å²) in [6.07, 6.45) is 1.71. The van der Waals surface area contributed by atoms with Crippen LogP contribution in [0.15, 0.2) is 42.0 Å². The molecule has 1 heterocycles. The van der Waals surface area contributed by atoms with Gasteiger partial charge in [0.05, 0.1) is 19.8 Å². The molecular formula is C18H16O5. The van der Waals surface area contributed by atoms with E-state index in [1.165, 1.54) is 14.2 Å². The summed E-state index contributed by atoms with van der Waals surface area (Å²) < 4.78 is 15.9. The van der Waals surface area contributed by atoms with Crippen molar-refractivity contribution in [3.63, 3.8) is 0 Å². The van der Waals surface area contributed by atoms with Crippen molar-refractivity contribution in [2.75, 3.05) is 20.8 Å². The highest BCUT2D eigenvalue weighted by Crippen LogP contribution is 2.38. The van der Waals surface area contributed by atoms with E-state index in [-0.39, 0.29) is 29.6 Å². The van der Waals surface area contributed by atoms with Crippen molar-refractivity contribution in [1.29, 1.82) is 0 Å². The van der Waals surface area contributed by atoms with Crippen molar-refractivity contribution in [1.82, 2.24) is 0 Å². The van der Waals surface area contributed by atoms with Crippen LogP contribution in [0.4, 0.5) is 0 Å². The lowest BCUT2D eigenvalue weighted by atomic mass is 9.98. The first-order chi connectivity index (χ1) is 11.1. The first-order valence-electron chi connectivity index (χ1n) is 7.06. The number of phenols is 1. The van der Waals surface area contributed by atoms with Crippen LogP contribution in [0.3, 0.4) is 0 Å². The van der Waals surface area contributed by atoms with E-state index in [1.54, 1.807) is 36.4 Å². The molecule has 0 saturated heterocycles. The summed E-state index contributed by atoms with van der Waals surface area (Å²) in [4.78, 5) is 12.5. The number of ether oxygens (including phenoxy) is 3. The summed E-state index contributed by atoms with van der Waals surface area (Å²) in [5.74, 6) is 1.00. The summed E-state index contributed by atoms with van der Waals surface area (Å²) in [5, 5.41) is 9.94. The predicted molar refractivity (Wildman–Crippen MR) is 85.5 cm³/mol. The van der Waals surface area contributed by atoms with Crippen molar-refractivity contribution >= 4 is 11.9 Å². The lowest BCUT2D eigenvalue weighted by Gasteiger charge is -2.18. The zero-order valence-electron chi connectivity index (χ0n) is 12.8. The maximum absolute atomic E-state index is 12.5. The number of hydrogen-bond donors (Lipinski definition) is 1. The fraction of sp³-hybridized carbons (Fsp3) is 0.167. The number of para-hydroxylation sites is 1. The Morgan fingerprint density at radius 2 is 1.78 bits per heavy atom. The van der Waals surface area contributed by atoms with E-state index in [0.29, 0.717) is 22.4 Å². The fourth-order valence-electron chi connectivity index (χ4n) is 2.48. The Morgan fingerprint density at radius 3 is 2.43 bits per heavy atom. The van der Waals surface area contributed by atoms with E-state index in [4.69, 9.17) is 14.2 Å². The molecule has 1 N–H and O–H groups in total. The van der Waals surface area contributed by atoms with Crippen LogP contribution in [0.2, 0.25) is 0 Å². The Morgan fingerprint density at radius 1 is 1.13 bits per heavy atom. The number of phenolic OH excluding ortho intramolecular Hbond substituents is 1. The molecule has 0 radical (unpaired) electrons. The van der Waals surface area contributed by atoms with Gasteiger partial charge in [0, 0.05) is 5.57 Å². The zero-order valence-corrected chi connectivity index (χ0v) is 12.8. The normalized spacial score (nSPS) is 15.0. The number of ketones is 1. The molecule has 0 atom stereocenters. The molecular weight excluding hydrogens is 296 g/mol. The largest absolute Gasteiger partial charge is 0.502 e. The number of carbonyl (C=O) groups excluding carboxylic acids is 1. The molecule has 2 aromatic carbocycles. The lowest BCUT2D eigenvalue weighted by molar-refractivity contribution is 0.100. The molecule has 5 heteroatoms. The van der Waals surface area contributed by atoms with E-state index in [0.717, 1.165) is 0 Å². The minimum absolute atomic E-state index is 0.0714. The third-order valence-corrected chi connectivity index (χ3v) is 3.65. The Hall–Kier alpha value is -2.95. The molecule has 23 heavy (non-hydrogen) atoms.